The van der Waals surface area contributed by atoms with Crippen LogP contribution in [0.3, 0.4) is 0 Å². The van der Waals surface area contributed by atoms with Crippen molar-refractivity contribution in [3.05, 3.63) is 52.5 Å². The van der Waals surface area contributed by atoms with Crippen LogP contribution in [0.1, 0.15) is 52.2 Å². The zero-order valence-electron chi connectivity index (χ0n) is 24.1. The molecule has 40 heavy (non-hydrogen) atoms. The van der Waals surface area contributed by atoms with Gasteiger partial charge in [0.2, 0.25) is 5.91 Å². The molecule has 2 aromatic carbocycles. The number of aromatic nitrogens is 1. The van der Waals surface area contributed by atoms with Crippen LogP contribution < -0.4 is 9.80 Å². The van der Waals surface area contributed by atoms with E-state index in [1.54, 1.807) is 23.4 Å². The predicted molar refractivity (Wildman–Crippen MR) is 163 cm³/mol. The van der Waals surface area contributed by atoms with Crippen molar-refractivity contribution in [2.75, 3.05) is 42.5 Å². The van der Waals surface area contributed by atoms with Crippen LogP contribution >= 0.6 is 23.1 Å². The number of carbonyl (C=O) groups excluding carboxylic acids is 2. The first-order chi connectivity index (χ1) is 19.0. The molecule has 1 amide bonds. The summed E-state index contributed by atoms with van der Waals surface area (Å²) in [4.78, 5) is 32.1. The van der Waals surface area contributed by atoms with E-state index in [1.807, 2.05) is 13.0 Å². The summed E-state index contributed by atoms with van der Waals surface area (Å²) in [6.45, 7) is 14.7. The van der Waals surface area contributed by atoms with Gasteiger partial charge in [-0.05, 0) is 66.0 Å². The van der Waals surface area contributed by atoms with Gasteiger partial charge in [-0.25, -0.2) is 0 Å². The van der Waals surface area contributed by atoms with E-state index in [-0.39, 0.29) is 23.2 Å². The molecular formula is C31H39ClN4O3S. The van der Waals surface area contributed by atoms with E-state index in [0.29, 0.717) is 11.4 Å². The minimum atomic E-state index is -0.684. The number of ether oxygens (including phenoxy) is 1. The van der Waals surface area contributed by atoms with Gasteiger partial charge in [-0.1, -0.05) is 57.5 Å². The fraction of sp³-hybridized carbons (Fsp3) is 0.516. The maximum Gasteiger partial charge on any atom is 0.310 e. The third-order valence-corrected chi connectivity index (χ3v) is 8.99. The lowest BCUT2D eigenvalue weighted by Gasteiger charge is -2.35. The van der Waals surface area contributed by atoms with Crippen molar-refractivity contribution in [2.24, 2.45) is 11.3 Å². The maximum absolute atomic E-state index is 13.0. The van der Waals surface area contributed by atoms with E-state index < -0.39 is 6.23 Å². The Labute approximate surface area is 246 Å². The van der Waals surface area contributed by atoms with Crippen molar-refractivity contribution in [2.45, 2.75) is 60.1 Å². The summed E-state index contributed by atoms with van der Waals surface area (Å²) in [6.07, 6.45) is 1.14. The number of anilines is 2. The quantitative estimate of drug-likeness (QED) is 0.296. The van der Waals surface area contributed by atoms with Gasteiger partial charge in [0.15, 0.2) is 6.23 Å². The maximum atomic E-state index is 13.0. The van der Waals surface area contributed by atoms with Crippen molar-refractivity contribution in [1.82, 2.24) is 9.27 Å². The second kappa shape index (κ2) is 11.7. The second-order valence-corrected chi connectivity index (χ2v) is 13.5. The fourth-order valence-electron chi connectivity index (χ4n) is 5.90. The van der Waals surface area contributed by atoms with Crippen LogP contribution in [0.15, 0.2) is 36.4 Å². The molecule has 5 rings (SSSR count). The number of halogens is 1. The standard InChI is InChI=1S/C31H39ClN4O3S/c1-20(19-31(3,4)5)30(38)39-21(2)36-26-18-25(32)22(16-23(26)17-28(36)37)10-11-34-12-14-35(15-13-34)29-24-8-6-7-9-27(24)40-33-29/h6-9,16,18,20-21H,10-15,17,19H2,1-5H3. The molecule has 0 N–H and O–H groups in total. The molecular weight excluding hydrogens is 544 g/mol. The minimum Gasteiger partial charge on any atom is -0.441 e. The Kier molecular flexibility index (Phi) is 8.41. The third kappa shape index (κ3) is 6.29. The summed E-state index contributed by atoms with van der Waals surface area (Å²) in [6, 6.07) is 12.3. The SMILES string of the molecule is CC(CC(C)(C)C)C(=O)OC(C)N1C(=O)Cc2cc(CCN3CCN(c4nsc5ccccc45)CC3)c(Cl)cc21. The number of fused-ring (bicyclic) bond motifs is 2. The lowest BCUT2D eigenvalue weighted by molar-refractivity contribution is -0.154. The summed E-state index contributed by atoms with van der Waals surface area (Å²) in [5, 5.41) is 1.88. The Morgan fingerprint density at radius 3 is 2.58 bits per heavy atom. The summed E-state index contributed by atoms with van der Waals surface area (Å²) in [7, 11) is 0. The molecule has 1 aromatic heterocycles. The molecule has 0 radical (unpaired) electrons. The normalized spacial score (nSPS) is 17.8. The number of piperazine rings is 1. The smallest absolute Gasteiger partial charge is 0.310 e. The van der Waals surface area contributed by atoms with Crippen LogP contribution in [-0.4, -0.2) is 60.1 Å². The minimum absolute atomic E-state index is 0.0192. The molecule has 2 aliphatic heterocycles. The van der Waals surface area contributed by atoms with Crippen molar-refractivity contribution >= 4 is 56.6 Å². The summed E-state index contributed by atoms with van der Waals surface area (Å²) >= 11 is 8.30. The van der Waals surface area contributed by atoms with E-state index >= 15 is 0 Å². The summed E-state index contributed by atoms with van der Waals surface area (Å²) in [5.41, 5.74) is 2.75. The largest absolute Gasteiger partial charge is 0.441 e. The van der Waals surface area contributed by atoms with E-state index in [4.69, 9.17) is 20.7 Å². The van der Waals surface area contributed by atoms with Crippen molar-refractivity contribution in [3.8, 4) is 0 Å². The molecule has 2 unspecified atom stereocenters. The number of hydrogen-bond acceptors (Lipinski definition) is 7. The van der Waals surface area contributed by atoms with Gasteiger partial charge in [-0.2, -0.15) is 4.37 Å². The number of esters is 1. The average molecular weight is 583 g/mol. The Balaban J connectivity index is 1.18. The summed E-state index contributed by atoms with van der Waals surface area (Å²) in [5.74, 6) is 0.500. The molecule has 0 aliphatic carbocycles. The van der Waals surface area contributed by atoms with Gasteiger partial charge in [0.05, 0.1) is 22.7 Å². The highest BCUT2D eigenvalue weighted by Crippen LogP contribution is 2.36. The molecule has 0 saturated carbocycles. The van der Waals surface area contributed by atoms with E-state index in [9.17, 15) is 9.59 Å². The Morgan fingerprint density at radius 2 is 1.85 bits per heavy atom. The Hall–Kier alpha value is -2.68. The first kappa shape index (κ1) is 28.8. The van der Waals surface area contributed by atoms with E-state index in [1.165, 1.54) is 10.1 Å². The first-order valence-electron chi connectivity index (χ1n) is 14.2. The average Bonchev–Trinajstić information content (AvgIpc) is 3.46. The molecule has 3 aromatic rings. The van der Waals surface area contributed by atoms with Gasteiger partial charge in [0.1, 0.15) is 5.82 Å². The van der Waals surface area contributed by atoms with Gasteiger partial charge < -0.3 is 9.64 Å². The molecule has 2 aliphatic rings. The van der Waals surface area contributed by atoms with Gasteiger partial charge >= 0.3 is 5.97 Å². The van der Waals surface area contributed by atoms with Crippen LogP contribution in [0.4, 0.5) is 11.5 Å². The number of carbonyl (C=O) groups is 2. The van der Waals surface area contributed by atoms with Crippen LogP contribution in [0.2, 0.25) is 5.02 Å². The lowest BCUT2D eigenvalue weighted by atomic mass is 9.85. The summed E-state index contributed by atoms with van der Waals surface area (Å²) < 4.78 is 11.7. The molecule has 9 heteroatoms. The number of nitrogens with zero attached hydrogens (tertiary/aromatic N) is 4. The van der Waals surface area contributed by atoms with Crippen LogP contribution in [0, 0.1) is 11.3 Å². The third-order valence-electron chi connectivity index (χ3n) is 7.82. The highest BCUT2D eigenvalue weighted by molar-refractivity contribution is 7.13. The van der Waals surface area contributed by atoms with Crippen molar-refractivity contribution in [1.29, 1.82) is 0 Å². The Bertz CT molecular complexity index is 1390. The zero-order chi connectivity index (χ0) is 28.6. The predicted octanol–water partition coefficient (Wildman–Crippen LogP) is 6.17. The van der Waals surface area contributed by atoms with E-state index in [2.05, 4.69) is 60.9 Å². The molecule has 1 saturated heterocycles. The molecule has 214 valence electrons. The number of hydrogen-bond donors (Lipinski definition) is 0. The van der Waals surface area contributed by atoms with Crippen molar-refractivity contribution in [3.63, 3.8) is 0 Å². The first-order valence-corrected chi connectivity index (χ1v) is 15.3. The fourth-order valence-corrected chi connectivity index (χ4v) is 6.95. The van der Waals surface area contributed by atoms with Crippen LogP contribution in [0.5, 0.6) is 0 Å². The number of rotatable bonds is 8. The van der Waals surface area contributed by atoms with Gasteiger partial charge in [0.25, 0.3) is 0 Å². The van der Waals surface area contributed by atoms with Crippen LogP contribution in [0.25, 0.3) is 10.1 Å². The monoisotopic (exact) mass is 582 g/mol. The van der Waals surface area contributed by atoms with Gasteiger partial charge in [-0.15, -0.1) is 0 Å². The van der Waals surface area contributed by atoms with Crippen molar-refractivity contribution < 1.29 is 14.3 Å². The highest BCUT2D eigenvalue weighted by Gasteiger charge is 2.35. The topological polar surface area (TPSA) is 66.0 Å². The molecule has 0 spiro atoms. The van der Waals surface area contributed by atoms with Gasteiger partial charge in [0, 0.05) is 43.1 Å². The Morgan fingerprint density at radius 1 is 1.12 bits per heavy atom. The molecule has 7 nitrogen and oxygen atoms in total. The molecule has 3 heterocycles. The number of benzene rings is 2. The lowest BCUT2D eigenvalue weighted by Crippen LogP contribution is -2.47. The van der Waals surface area contributed by atoms with E-state index in [0.717, 1.165) is 68.2 Å². The molecule has 0 bridgehead atoms. The highest BCUT2D eigenvalue weighted by atomic mass is 35.5. The second-order valence-electron chi connectivity index (χ2n) is 12.3. The molecule has 2 atom stereocenters. The van der Waals surface area contributed by atoms with Gasteiger partial charge in [-0.3, -0.25) is 19.4 Å². The zero-order valence-corrected chi connectivity index (χ0v) is 25.6. The molecule has 1 fully saturated rings. The number of amides is 1. The van der Waals surface area contributed by atoms with Crippen LogP contribution in [-0.2, 0) is 27.2 Å².